The number of nitrogens with one attached hydrogen (secondary N) is 1. The second-order valence-corrected chi connectivity index (χ2v) is 6.93. The third-order valence-electron chi connectivity index (χ3n) is 3.87. The van der Waals surface area contributed by atoms with Crippen LogP contribution >= 0.6 is 23.6 Å². The molecule has 0 unspecified atom stereocenters. The van der Waals surface area contributed by atoms with E-state index >= 15 is 0 Å². The summed E-state index contributed by atoms with van der Waals surface area (Å²) < 4.78 is 0.767. The van der Waals surface area contributed by atoms with Gasteiger partial charge in [0.2, 0.25) is 0 Å². The van der Waals surface area contributed by atoms with Crippen LogP contribution in [0.25, 0.3) is 0 Å². The topological polar surface area (TPSA) is 39.3 Å². The van der Waals surface area contributed by atoms with E-state index in [1.54, 1.807) is 18.3 Å². The van der Waals surface area contributed by atoms with Crippen LogP contribution in [0.3, 0.4) is 0 Å². The van der Waals surface area contributed by atoms with E-state index in [1.807, 2.05) is 18.3 Å². The van der Waals surface area contributed by atoms with Crippen molar-refractivity contribution in [3.63, 3.8) is 0 Å². The summed E-state index contributed by atoms with van der Waals surface area (Å²) in [6.07, 6.45) is 3.00. The smallest absolute Gasteiger partial charge is 0.169 e. The molecule has 0 spiro atoms. The van der Waals surface area contributed by atoms with Crippen LogP contribution in [0.1, 0.15) is 23.0 Å². The average molecular weight is 333 g/mol. The molecule has 6 heteroatoms. The van der Waals surface area contributed by atoms with Gasteiger partial charge in [0.15, 0.2) is 5.78 Å². The van der Waals surface area contributed by atoms with Crippen molar-refractivity contribution in [1.82, 2.24) is 4.98 Å². The molecule has 0 saturated carbocycles. The molecule has 0 aromatic carbocycles. The number of nitrogens with zero attached hydrogens (tertiary/aromatic N) is 2. The zero-order chi connectivity index (χ0) is 15.5. The summed E-state index contributed by atoms with van der Waals surface area (Å²) in [5.74, 6) is 0.145. The Kier molecular flexibility index (Phi) is 4.59. The summed E-state index contributed by atoms with van der Waals surface area (Å²) in [5, 5.41) is 1.19. The number of pyridine rings is 1. The van der Waals surface area contributed by atoms with Crippen LogP contribution in [-0.2, 0) is 0 Å². The van der Waals surface area contributed by atoms with Gasteiger partial charge in [-0.05, 0) is 37.6 Å². The van der Waals surface area contributed by atoms with Crippen LogP contribution < -0.4 is 9.80 Å². The fourth-order valence-electron chi connectivity index (χ4n) is 2.71. The van der Waals surface area contributed by atoms with E-state index in [0.29, 0.717) is 0 Å². The first-order valence-electron chi connectivity index (χ1n) is 7.43. The van der Waals surface area contributed by atoms with E-state index in [4.69, 9.17) is 12.2 Å². The number of H-pyrrole nitrogens is 1. The molecule has 1 N–H and O–H groups in total. The van der Waals surface area contributed by atoms with E-state index in [1.165, 1.54) is 10.7 Å². The molecule has 1 aliphatic heterocycles. The van der Waals surface area contributed by atoms with Gasteiger partial charge in [-0.15, -0.1) is 11.3 Å². The van der Waals surface area contributed by atoms with Gasteiger partial charge in [-0.3, -0.25) is 4.79 Å². The van der Waals surface area contributed by atoms with Gasteiger partial charge in [0, 0.05) is 38.1 Å². The van der Waals surface area contributed by atoms with Crippen LogP contribution in [0.2, 0.25) is 0 Å². The number of Topliss-reactive ketones (excluding diaryl/α,β-unsaturated/α-hetero) is 1. The Morgan fingerprint density at radius 1 is 1.18 bits per heavy atom. The van der Waals surface area contributed by atoms with E-state index in [9.17, 15) is 4.79 Å². The van der Waals surface area contributed by atoms with Crippen molar-refractivity contribution in [3.05, 3.63) is 40.0 Å². The van der Waals surface area contributed by atoms with Crippen LogP contribution in [0.5, 0.6) is 0 Å². The van der Waals surface area contributed by atoms with Crippen LogP contribution in [0.15, 0.2) is 30.5 Å². The molecule has 0 atom stereocenters. The van der Waals surface area contributed by atoms with Crippen molar-refractivity contribution >= 4 is 40.0 Å². The predicted molar refractivity (Wildman–Crippen MR) is 95.0 cm³/mol. The van der Waals surface area contributed by atoms with E-state index in [-0.39, 0.29) is 5.78 Å². The van der Waals surface area contributed by atoms with E-state index < -0.39 is 0 Å². The Morgan fingerprint density at radius 3 is 2.68 bits per heavy atom. The number of aromatic amines is 1. The van der Waals surface area contributed by atoms with Crippen molar-refractivity contribution in [2.45, 2.75) is 13.3 Å². The SMILES string of the molecule is CC(=O)c1ccc(N2CCCN(c3cc[nH]c(=S)c3)CC2)s1. The Hall–Kier alpha value is -1.66. The monoisotopic (exact) mass is 333 g/mol. The number of aromatic nitrogens is 1. The number of carbonyl (C=O) groups excluding carboxylic acids is 1. The summed E-state index contributed by atoms with van der Waals surface area (Å²) in [5.41, 5.74) is 1.18. The molecule has 0 aliphatic carbocycles. The molecule has 2 aromatic rings. The van der Waals surface area contributed by atoms with Crippen molar-refractivity contribution in [3.8, 4) is 0 Å². The summed E-state index contributed by atoms with van der Waals surface area (Å²) >= 11 is 6.80. The zero-order valence-corrected chi connectivity index (χ0v) is 14.2. The van der Waals surface area contributed by atoms with Gasteiger partial charge in [-0.1, -0.05) is 12.2 Å². The number of hydrogen-bond donors (Lipinski definition) is 1. The number of ketones is 1. The minimum atomic E-state index is 0.145. The summed E-state index contributed by atoms with van der Waals surface area (Å²) in [6, 6.07) is 8.09. The van der Waals surface area contributed by atoms with Crippen LogP contribution in [-0.4, -0.2) is 36.9 Å². The van der Waals surface area contributed by atoms with Crippen molar-refractivity contribution in [1.29, 1.82) is 0 Å². The lowest BCUT2D eigenvalue weighted by molar-refractivity contribution is 0.102. The van der Waals surface area contributed by atoms with Crippen molar-refractivity contribution in [2.75, 3.05) is 36.0 Å². The number of carbonyl (C=O) groups is 1. The number of hydrogen-bond acceptors (Lipinski definition) is 5. The lowest BCUT2D eigenvalue weighted by Gasteiger charge is -2.23. The fraction of sp³-hybridized carbons (Fsp3) is 0.375. The Balaban J connectivity index is 1.71. The summed E-state index contributed by atoms with van der Waals surface area (Å²) in [6.45, 7) is 5.60. The largest absolute Gasteiger partial charge is 0.370 e. The van der Waals surface area contributed by atoms with Gasteiger partial charge in [-0.25, -0.2) is 0 Å². The van der Waals surface area contributed by atoms with Crippen molar-refractivity contribution in [2.24, 2.45) is 0 Å². The first kappa shape index (κ1) is 15.2. The quantitative estimate of drug-likeness (QED) is 0.686. The molecule has 0 amide bonds. The van der Waals surface area contributed by atoms with E-state index in [0.717, 1.165) is 42.1 Å². The van der Waals surface area contributed by atoms with E-state index in [2.05, 4.69) is 26.9 Å². The normalized spacial score (nSPS) is 15.7. The Morgan fingerprint density at radius 2 is 1.95 bits per heavy atom. The van der Waals surface area contributed by atoms with Crippen LogP contribution in [0, 0.1) is 4.64 Å². The molecular formula is C16H19N3OS2. The highest BCUT2D eigenvalue weighted by atomic mass is 32.1. The molecule has 3 heterocycles. The molecule has 0 radical (unpaired) electrons. The molecule has 1 saturated heterocycles. The Bertz CT molecular complexity index is 722. The number of thiophene rings is 1. The molecule has 4 nitrogen and oxygen atoms in total. The first-order valence-corrected chi connectivity index (χ1v) is 8.65. The molecule has 0 bridgehead atoms. The second-order valence-electron chi connectivity index (χ2n) is 5.43. The summed E-state index contributed by atoms with van der Waals surface area (Å²) in [7, 11) is 0. The highest BCUT2D eigenvalue weighted by Crippen LogP contribution is 2.28. The number of anilines is 2. The molecule has 22 heavy (non-hydrogen) atoms. The summed E-state index contributed by atoms with van der Waals surface area (Å²) in [4.78, 5) is 20.1. The zero-order valence-electron chi connectivity index (χ0n) is 12.5. The highest BCUT2D eigenvalue weighted by molar-refractivity contribution is 7.71. The molecule has 2 aromatic heterocycles. The van der Waals surface area contributed by atoms with Crippen LogP contribution in [0.4, 0.5) is 10.7 Å². The molecule has 116 valence electrons. The lowest BCUT2D eigenvalue weighted by Crippen LogP contribution is -2.30. The maximum Gasteiger partial charge on any atom is 0.169 e. The Labute approximate surface area is 139 Å². The average Bonchev–Trinajstić information content (AvgIpc) is 2.86. The lowest BCUT2D eigenvalue weighted by atomic mass is 10.3. The maximum atomic E-state index is 11.4. The first-order chi connectivity index (χ1) is 10.6. The fourth-order valence-corrected chi connectivity index (χ4v) is 3.85. The third-order valence-corrected chi connectivity index (χ3v) is 5.35. The molecule has 3 rings (SSSR count). The number of rotatable bonds is 3. The maximum absolute atomic E-state index is 11.4. The standard InChI is InChI=1S/C16H19N3OS2/c1-12(20)14-3-4-16(22-14)19-8-2-7-18(9-10-19)13-5-6-17-15(21)11-13/h3-6,11H,2,7-10H2,1H3,(H,17,21). The predicted octanol–water partition coefficient (Wildman–Crippen LogP) is 3.72. The molecule has 1 aliphatic rings. The molecule has 1 fully saturated rings. The third kappa shape index (κ3) is 3.39. The molecular weight excluding hydrogens is 314 g/mol. The van der Waals surface area contributed by atoms with Gasteiger partial charge < -0.3 is 14.8 Å². The van der Waals surface area contributed by atoms with Gasteiger partial charge in [-0.2, -0.15) is 0 Å². The minimum Gasteiger partial charge on any atom is -0.370 e. The second kappa shape index (κ2) is 6.62. The van der Waals surface area contributed by atoms with Crippen molar-refractivity contribution < 1.29 is 4.79 Å². The van der Waals surface area contributed by atoms with Gasteiger partial charge >= 0.3 is 0 Å². The van der Waals surface area contributed by atoms with Gasteiger partial charge in [0.1, 0.15) is 4.64 Å². The minimum absolute atomic E-state index is 0.145. The highest BCUT2D eigenvalue weighted by Gasteiger charge is 2.17. The van der Waals surface area contributed by atoms with Gasteiger partial charge in [0.25, 0.3) is 0 Å². The van der Waals surface area contributed by atoms with Gasteiger partial charge in [0.05, 0.1) is 9.88 Å².